The van der Waals surface area contributed by atoms with E-state index in [2.05, 4.69) is 31.0 Å². The highest BCUT2D eigenvalue weighted by Gasteiger charge is 2.05. The second-order valence-corrected chi connectivity index (χ2v) is 8.69. The topological polar surface area (TPSA) is 215 Å². The summed E-state index contributed by atoms with van der Waals surface area (Å²) in [5, 5.41) is 20.5. The Bertz CT molecular complexity index is 1260. The van der Waals surface area contributed by atoms with Crippen LogP contribution in [0.3, 0.4) is 0 Å². The van der Waals surface area contributed by atoms with Crippen LogP contribution in [0, 0.1) is 6.92 Å². The number of nitrogens with one attached hydrogen (secondary N) is 2. The third kappa shape index (κ3) is 11.4. The zero-order valence-electron chi connectivity index (χ0n) is 21.8. The normalized spacial score (nSPS) is 11.0. The molecule has 3 rings (SSSR count). The number of carbonyl (C=O) groups is 1. The van der Waals surface area contributed by atoms with E-state index in [9.17, 15) is 9.35 Å². The lowest BCUT2D eigenvalue weighted by Gasteiger charge is -2.09. The van der Waals surface area contributed by atoms with E-state index in [0.717, 1.165) is 16.0 Å². The van der Waals surface area contributed by atoms with E-state index in [1.54, 1.807) is 62.4 Å². The molecule has 1 radical (unpaired) electrons. The van der Waals surface area contributed by atoms with E-state index in [1.165, 1.54) is 5.56 Å². The monoisotopic (exact) mass is 547 g/mol. The molecule has 3 aromatic carbocycles. The number of amides is 2. The predicted octanol–water partition coefficient (Wildman–Crippen LogP) is 3.76. The number of nitrogens with zero attached hydrogens (tertiary/aromatic N) is 4. The third-order valence-corrected chi connectivity index (χ3v) is 5.33. The van der Waals surface area contributed by atoms with Crippen LogP contribution in [0.4, 0.5) is 16.2 Å². The second-order valence-electron chi connectivity index (χ2n) is 8.05. The van der Waals surface area contributed by atoms with E-state index >= 15 is 0 Å². The SMILES string of the molecule is C/C(=N\N=C(N)N)c1ccc(NC(=O)Nc2ccc(/C(C)=N/N=C(N)N)cc2)cc1.Cc1ccc(S[O])cc1. The quantitative estimate of drug-likeness (QED) is 0.112. The molecule has 203 valence electrons. The van der Waals surface area contributed by atoms with Gasteiger partial charge in [0.2, 0.25) is 11.9 Å². The molecule has 2 amide bonds. The first-order valence-electron chi connectivity index (χ1n) is 11.5. The largest absolute Gasteiger partial charge is 0.369 e. The zero-order valence-corrected chi connectivity index (χ0v) is 22.6. The van der Waals surface area contributed by atoms with Gasteiger partial charge in [0.25, 0.3) is 0 Å². The Hall–Kier alpha value is -4.88. The summed E-state index contributed by atoms with van der Waals surface area (Å²) in [6, 6.07) is 21.3. The lowest BCUT2D eigenvalue weighted by atomic mass is 10.1. The lowest BCUT2D eigenvalue weighted by molar-refractivity contribution is 0.262. The van der Waals surface area contributed by atoms with Crippen molar-refractivity contribution in [2.45, 2.75) is 25.7 Å². The first-order chi connectivity index (χ1) is 18.6. The van der Waals surface area contributed by atoms with Crippen molar-refractivity contribution < 1.29 is 9.35 Å². The van der Waals surface area contributed by atoms with Crippen molar-refractivity contribution in [1.29, 1.82) is 0 Å². The van der Waals surface area contributed by atoms with Crippen LogP contribution in [0.25, 0.3) is 0 Å². The highest BCUT2D eigenvalue weighted by atomic mass is 32.2. The number of hydrogen-bond acceptors (Lipinski definition) is 6. The van der Waals surface area contributed by atoms with Gasteiger partial charge in [-0.1, -0.05) is 42.0 Å². The fraction of sp³-hybridized carbons (Fsp3) is 0.115. The second kappa shape index (κ2) is 15.4. The van der Waals surface area contributed by atoms with E-state index in [0.29, 0.717) is 34.8 Å². The van der Waals surface area contributed by atoms with Crippen molar-refractivity contribution >= 4 is 52.8 Å². The number of anilines is 2. The summed E-state index contributed by atoms with van der Waals surface area (Å²) in [6.07, 6.45) is 0. The Morgan fingerprint density at radius 1 is 0.641 bits per heavy atom. The van der Waals surface area contributed by atoms with Gasteiger partial charge in [-0.3, -0.25) is 0 Å². The van der Waals surface area contributed by atoms with Crippen molar-refractivity contribution in [2.75, 3.05) is 10.6 Å². The smallest absolute Gasteiger partial charge is 0.323 e. The number of aryl methyl sites for hydroxylation is 1. The molecule has 0 aliphatic heterocycles. The third-order valence-electron chi connectivity index (χ3n) is 4.87. The van der Waals surface area contributed by atoms with Gasteiger partial charge in [0.15, 0.2) is 0 Å². The summed E-state index contributed by atoms with van der Waals surface area (Å²) < 4.78 is 10.2. The fourth-order valence-corrected chi connectivity index (χ4v) is 3.10. The molecule has 0 bridgehead atoms. The number of nitrogens with two attached hydrogens (primary N) is 4. The Balaban J connectivity index is 0.000000499. The highest BCUT2D eigenvalue weighted by Crippen LogP contribution is 2.15. The maximum atomic E-state index is 12.2. The molecule has 39 heavy (non-hydrogen) atoms. The van der Waals surface area contributed by atoms with Crippen LogP contribution in [0.15, 0.2) is 98.1 Å². The van der Waals surface area contributed by atoms with Gasteiger partial charge in [-0.2, -0.15) is 10.2 Å². The lowest BCUT2D eigenvalue weighted by Crippen LogP contribution is -2.22. The number of benzene rings is 3. The van der Waals surface area contributed by atoms with E-state index in [-0.39, 0.29) is 18.0 Å². The zero-order chi connectivity index (χ0) is 28.8. The molecule has 0 heterocycles. The van der Waals surface area contributed by atoms with Crippen LogP contribution in [0.1, 0.15) is 30.5 Å². The molecule has 0 spiro atoms. The molecule has 0 saturated heterocycles. The summed E-state index contributed by atoms with van der Waals surface area (Å²) in [7, 11) is 0. The van der Waals surface area contributed by atoms with Crippen molar-refractivity contribution in [3.05, 3.63) is 89.5 Å². The van der Waals surface area contributed by atoms with Crippen LogP contribution in [-0.4, -0.2) is 29.4 Å². The van der Waals surface area contributed by atoms with Gasteiger partial charge in [0, 0.05) is 16.3 Å². The van der Waals surface area contributed by atoms with Gasteiger partial charge in [0.05, 0.1) is 23.5 Å². The first-order valence-corrected chi connectivity index (χ1v) is 12.2. The van der Waals surface area contributed by atoms with Crippen LogP contribution in [0.5, 0.6) is 0 Å². The van der Waals surface area contributed by atoms with E-state index in [4.69, 9.17) is 22.9 Å². The molecule has 0 aliphatic rings. The minimum Gasteiger partial charge on any atom is -0.369 e. The number of carbonyl (C=O) groups excluding carboxylic acids is 1. The van der Waals surface area contributed by atoms with Crippen molar-refractivity contribution in [2.24, 2.45) is 43.3 Å². The number of guanidine groups is 2. The van der Waals surface area contributed by atoms with Crippen molar-refractivity contribution in [1.82, 2.24) is 0 Å². The summed E-state index contributed by atoms with van der Waals surface area (Å²) >= 11 is 0.527. The predicted molar refractivity (Wildman–Crippen MR) is 159 cm³/mol. The minimum absolute atomic E-state index is 0.117. The van der Waals surface area contributed by atoms with Gasteiger partial charge in [0.1, 0.15) is 0 Å². The van der Waals surface area contributed by atoms with Crippen molar-refractivity contribution in [3.63, 3.8) is 0 Å². The highest BCUT2D eigenvalue weighted by molar-refractivity contribution is 7.93. The van der Waals surface area contributed by atoms with Crippen LogP contribution < -0.4 is 33.6 Å². The molecular weight excluding hydrogens is 516 g/mol. The molecule has 3 aromatic rings. The Morgan fingerprint density at radius 3 is 1.36 bits per heavy atom. The maximum Gasteiger partial charge on any atom is 0.323 e. The van der Waals surface area contributed by atoms with Gasteiger partial charge in [-0.25, -0.2) is 4.79 Å². The molecule has 0 aromatic heterocycles. The average molecular weight is 548 g/mol. The minimum atomic E-state index is -0.382. The van der Waals surface area contributed by atoms with Gasteiger partial charge < -0.3 is 33.6 Å². The average Bonchev–Trinajstić information content (AvgIpc) is 2.92. The maximum absolute atomic E-state index is 12.2. The summed E-state index contributed by atoms with van der Waals surface area (Å²) in [6.45, 7) is 5.54. The summed E-state index contributed by atoms with van der Waals surface area (Å²) in [5.74, 6) is -0.234. The Morgan fingerprint density at radius 2 is 1.03 bits per heavy atom. The van der Waals surface area contributed by atoms with Crippen LogP contribution in [-0.2, 0) is 4.55 Å². The number of hydrogen-bond donors (Lipinski definition) is 6. The molecule has 0 unspecified atom stereocenters. The molecule has 13 heteroatoms. The standard InChI is InChI=1S/C19H24N10O.C7H7OS/c1-11(26-28-17(20)21)13-3-7-15(8-4-13)24-19(30)25-16-9-5-14(6-10-16)12(2)27-29-18(22)23;1-6-2-4-7(9-8)5-3-6/h3-10H,1-2H3,(H4,20,21,28)(H4,22,23,29)(H2,24,25,30);2-5H,1H3/b26-11+,27-12+;. The number of rotatable bonds is 7. The van der Waals surface area contributed by atoms with Gasteiger partial charge >= 0.3 is 6.03 Å². The molecule has 10 N–H and O–H groups in total. The van der Waals surface area contributed by atoms with Gasteiger partial charge in [-0.15, -0.1) is 14.8 Å². The summed E-state index contributed by atoms with van der Waals surface area (Å²) in [4.78, 5) is 13.0. The molecule has 12 nitrogen and oxygen atoms in total. The molecule has 0 fully saturated rings. The Kier molecular flexibility index (Phi) is 12.0. The molecule has 0 saturated carbocycles. The Labute approximate surface area is 231 Å². The summed E-state index contributed by atoms with van der Waals surface area (Å²) in [5.41, 5.74) is 26.3. The van der Waals surface area contributed by atoms with Crippen LogP contribution in [0.2, 0.25) is 0 Å². The van der Waals surface area contributed by atoms with E-state index in [1.807, 2.05) is 31.2 Å². The first kappa shape index (κ1) is 30.3. The van der Waals surface area contributed by atoms with E-state index < -0.39 is 0 Å². The molecular formula is C26H31N10O2S. The van der Waals surface area contributed by atoms with Crippen LogP contribution >= 0.6 is 12.0 Å². The molecule has 0 aliphatic carbocycles. The fourth-order valence-electron chi connectivity index (χ4n) is 2.86. The van der Waals surface area contributed by atoms with Crippen molar-refractivity contribution in [3.8, 4) is 0 Å². The molecule has 0 atom stereocenters. The number of urea groups is 1. The van der Waals surface area contributed by atoms with Gasteiger partial charge in [-0.05, 0) is 68.3 Å².